The second-order valence-electron chi connectivity index (χ2n) is 10.2. The molecule has 2 aromatic rings. The zero-order valence-electron chi connectivity index (χ0n) is 20.6. The van der Waals surface area contributed by atoms with Gasteiger partial charge in [-0.2, -0.15) is 13.5 Å². The Balaban J connectivity index is 1.70. The van der Waals surface area contributed by atoms with Crippen molar-refractivity contribution in [2.24, 2.45) is 0 Å². The summed E-state index contributed by atoms with van der Waals surface area (Å²) >= 11 is 6.86. The van der Waals surface area contributed by atoms with Gasteiger partial charge < -0.3 is 14.0 Å². The van der Waals surface area contributed by atoms with Crippen molar-refractivity contribution in [2.75, 3.05) is 19.5 Å². The Kier molecular flexibility index (Phi) is 7.40. The quantitative estimate of drug-likeness (QED) is 0.300. The summed E-state index contributed by atoms with van der Waals surface area (Å²) in [6, 6.07) is 1.94. The van der Waals surface area contributed by atoms with Crippen LogP contribution in [0.3, 0.4) is 0 Å². The molecule has 188 valence electrons. The van der Waals surface area contributed by atoms with Crippen LogP contribution in [0.1, 0.15) is 71.6 Å². The van der Waals surface area contributed by atoms with Crippen LogP contribution in [0.2, 0.25) is 5.02 Å². The third-order valence-electron chi connectivity index (χ3n) is 7.04. The minimum atomic E-state index is -3.45. The highest BCUT2D eigenvalue weighted by molar-refractivity contribution is 7.85. The molecule has 1 unspecified atom stereocenters. The molecule has 0 saturated carbocycles. The van der Waals surface area contributed by atoms with Gasteiger partial charge >= 0.3 is 7.12 Å². The zero-order chi connectivity index (χ0) is 24.7. The molecular formula is C23H34BClN2O6S. The molecule has 0 bridgehead atoms. The number of hydrogen-bond acceptors (Lipinski definition) is 7. The number of rotatable bonds is 8. The van der Waals surface area contributed by atoms with E-state index in [1.165, 1.54) is 0 Å². The van der Waals surface area contributed by atoms with Crippen molar-refractivity contribution in [1.82, 2.24) is 9.78 Å². The molecular weight excluding hydrogens is 479 g/mol. The third kappa shape index (κ3) is 5.32. The van der Waals surface area contributed by atoms with E-state index in [1.807, 2.05) is 44.6 Å². The summed E-state index contributed by atoms with van der Waals surface area (Å²) in [5.74, 6) is 0. The molecule has 2 aliphatic heterocycles. The van der Waals surface area contributed by atoms with E-state index in [9.17, 15) is 8.42 Å². The molecule has 0 spiro atoms. The fraction of sp³-hybridized carbons (Fsp3) is 0.696. The molecule has 1 atom stereocenters. The molecule has 34 heavy (non-hydrogen) atoms. The standard InChI is InChI=1S/C23H34BClN2O6S/c1-22(2)23(3,4)33-24(32-22)21-16(10-6-9-13-31-34(5,28)29)18(25)14-19-17(21)15-26-27(19)20-11-7-8-12-30-20/h14-15,20H,6-13H2,1-5H3. The lowest BCUT2D eigenvalue weighted by atomic mass is 9.73. The van der Waals surface area contributed by atoms with Crippen LogP contribution >= 0.6 is 11.6 Å². The second-order valence-corrected chi connectivity index (χ2v) is 12.2. The SMILES string of the molecule is CC1(C)OB(c2c(CCCCOS(C)(=O)=O)c(Cl)cc3c2cnn3C2CCCCO2)OC1(C)C. The van der Waals surface area contributed by atoms with Gasteiger partial charge in [0.15, 0.2) is 6.23 Å². The van der Waals surface area contributed by atoms with Crippen molar-refractivity contribution in [3.8, 4) is 0 Å². The lowest BCUT2D eigenvalue weighted by Gasteiger charge is -2.32. The van der Waals surface area contributed by atoms with Crippen molar-refractivity contribution in [1.29, 1.82) is 0 Å². The minimum Gasteiger partial charge on any atom is -0.399 e. The van der Waals surface area contributed by atoms with Gasteiger partial charge in [0, 0.05) is 17.0 Å². The van der Waals surface area contributed by atoms with Crippen LogP contribution in [0.4, 0.5) is 0 Å². The number of benzene rings is 1. The third-order valence-corrected chi connectivity index (χ3v) is 7.97. The van der Waals surface area contributed by atoms with Gasteiger partial charge in [0.2, 0.25) is 0 Å². The highest BCUT2D eigenvalue weighted by Gasteiger charge is 2.53. The Morgan fingerprint density at radius 1 is 1.21 bits per heavy atom. The van der Waals surface area contributed by atoms with Gasteiger partial charge in [-0.25, -0.2) is 4.68 Å². The Morgan fingerprint density at radius 3 is 2.53 bits per heavy atom. The molecule has 8 nitrogen and oxygen atoms in total. The summed E-state index contributed by atoms with van der Waals surface area (Å²) in [4.78, 5) is 0. The normalized spacial score (nSPS) is 22.5. The molecule has 2 saturated heterocycles. The van der Waals surface area contributed by atoms with E-state index >= 15 is 0 Å². The average molecular weight is 513 g/mol. The van der Waals surface area contributed by atoms with E-state index in [2.05, 4.69) is 5.10 Å². The first-order chi connectivity index (χ1) is 15.9. The van der Waals surface area contributed by atoms with Crippen LogP contribution in [0.25, 0.3) is 10.9 Å². The maximum atomic E-state index is 11.3. The molecule has 2 fully saturated rings. The molecule has 1 aromatic heterocycles. The van der Waals surface area contributed by atoms with Crippen molar-refractivity contribution in [2.45, 2.75) is 83.6 Å². The van der Waals surface area contributed by atoms with Gasteiger partial charge in [0.25, 0.3) is 10.1 Å². The number of nitrogens with zero attached hydrogens (tertiary/aromatic N) is 2. The second kappa shape index (κ2) is 9.71. The average Bonchev–Trinajstić information content (AvgIpc) is 3.24. The molecule has 3 heterocycles. The van der Waals surface area contributed by atoms with Crippen LogP contribution in [0, 0.1) is 0 Å². The Morgan fingerprint density at radius 2 is 1.91 bits per heavy atom. The lowest BCUT2D eigenvalue weighted by Crippen LogP contribution is -2.41. The maximum Gasteiger partial charge on any atom is 0.495 e. The van der Waals surface area contributed by atoms with Crippen molar-refractivity contribution in [3.63, 3.8) is 0 Å². The van der Waals surface area contributed by atoms with Crippen molar-refractivity contribution >= 4 is 45.2 Å². The number of halogens is 1. The van der Waals surface area contributed by atoms with Crippen LogP contribution in [-0.2, 0) is 34.8 Å². The van der Waals surface area contributed by atoms with E-state index in [0.29, 0.717) is 24.3 Å². The molecule has 11 heteroatoms. The lowest BCUT2D eigenvalue weighted by molar-refractivity contribution is -0.0366. The monoisotopic (exact) mass is 512 g/mol. The zero-order valence-corrected chi connectivity index (χ0v) is 22.2. The largest absolute Gasteiger partial charge is 0.495 e. The van der Waals surface area contributed by atoms with E-state index in [1.54, 1.807) is 0 Å². The van der Waals surface area contributed by atoms with E-state index in [4.69, 9.17) is 29.8 Å². The highest BCUT2D eigenvalue weighted by Crippen LogP contribution is 2.38. The number of hydrogen-bond donors (Lipinski definition) is 0. The molecule has 0 amide bonds. The first kappa shape index (κ1) is 25.9. The van der Waals surface area contributed by atoms with Gasteiger partial charge in [-0.05, 0) is 83.3 Å². The Labute approximate surface area is 207 Å². The molecule has 2 aliphatic rings. The molecule has 4 rings (SSSR count). The minimum absolute atomic E-state index is 0.118. The van der Waals surface area contributed by atoms with Gasteiger partial charge in [-0.1, -0.05) is 11.6 Å². The highest BCUT2D eigenvalue weighted by atomic mass is 35.5. The summed E-state index contributed by atoms with van der Waals surface area (Å²) in [7, 11) is -4.05. The van der Waals surface area contributed by atoms with Crippen molar-refractivity contribution in [3.05, 3.63) is 22.8 Å². The topological polar surface area (TPSA) is 88.9 Å². The first-order valence-electron chi connectivity index (χ1n) is 11.9. The number of aromatic nitrogens is 2. The van der Waals surface area contributed by atoms with Crippen LogP contribution in [0.5, 0.6) is 0 Å². The van der Waals surface area contributed by atoms with Gasteiger partial charge in [0.05, 0.1) is 35.8 Å². The smallest absolute Gasteiger partial charge is 0.399 e. The summed E-state index contributed by atoms with van der Waals surface area (Å²) < 4.78 is 48.1. The van der Waals surface area contributed by atoms with Gasteiger partial charge in [-0.15, -0.1) is 0 Å². The van der Waals surface area contributed by atoms with Gasteiger partial charge in [-0.3, -0.25) is 4.18 Å². The number of ether oxygens (including phenoxy) is 1. The van der Waals surface area contributed by atoms with Crippen LogP contribution in [0.15, 0.2) is 12.3 Å². The van der Waals surface area contributed by atoms with E-state index in [-0.39, 0.29) is 12.8 Å². The van der Waals surface area contributed by atoms with Crippen molar-refractivity contribution < 1.29 is 26.6 Å². The molecule has 0 radical (unpaired) electrons. The fourth-order valence-corrected chi connectivity index (χ4v) is 5.19. The Bertz CT molecular complexity index is 1130. The number of unbranched alkanes of at least 4 members (excludes halogenated alkanes) is 1. The molecule has 0 N–H and O–H groups in total. The predicted molar refractivity (Wildman–Crippen MR) is 133 cm³/mol. The summed E-state index contributed by atoms with van der Waals surface area (Å²) in [6.45, 7) is 8.96. The maximum absolute atomic E-state index is 11.3. The fourth-order valence-electron chi connectivity index (χ4n) is 4.47. The summed E-state index contributed by atoms with van der Waals surface area (Å²) in [6.07, 6.45) is 7.76. The van der Waals surface area contributed by atoms with E-state index in [0.717, 1.165) is 54.1 Å². The van der Waals surface area contributed by atoms with E-state index < -0.39 is 28.4 Å². The summed E-state index contributed by atoms with van der Waals surface area (Å²) in [5.41, 5.74) is 1.69. The Hall–Kier alpha value is -1.17. The number of fused-ring (bicyclic) bond motifs is 1. The molecule has 1 aromatic carbocycles. The summed E-state index contributed by atoms with van der Waals surface area (Å²) in [5, 5.41) is 6.22. The van der Waals surface area contributed by atoms with Crippen LogP contribution < -0.4 is 5.46 Å². The predicted octanol–water partition coefficient (Wildman–Crippen LogP) is 3.99. The first-order valence-corrected chi connectivity index (χ1v) is 14.1. The van der Waals surface area contributed by atoms with Gasteiger partial charge in [0.1, 0.15) is 0 Å². The molecule has 0 aliphatic carbocycles. The van der Waals surface area contributed by atoms with Crippen LogP contribution in [-0.4, -0.2) is 56.0 Å².